The van der Waals surface area contributed by atoms with Gasteiger partial charge in [-0.2, -0.15) is 0 Å². The van der Waals surface area contributed by atoms with Crippen LogP contribution in [0.15, 0.2) is 24.3 Å². The number of alkyl carbamates (subject to hydrolysis) is 1. The van der Waals surface area contributed by atoms with Crippen molar-refractivity contribution in [3.05, 3.63) is 29.8 Å². The second kappa shape index (κ2) is 5.09. The van der Waals surface area contributed by atoms with Crippen LogP contribution in [0.5, 0.6) is 5.75 Å². The fourth-order valence-electron chi connectivity index (χ4n) is 2.72. The van der Waals surface area contributed by atoms with Gasteiger partial charge < -0.3 is 14.8 Å². The van der Waals surface area contributed by atoms with E-state index in [0.717, 1.165) is 31.8 Å². The van der Waals surface area contributed by atoms with Gasteiger partial charge in [-0.05, 0) is 24.1 Å². The van der Waals surface area contributed by atoms with E-state index in [0.29, 0.717) is 0 Å². The first-order valence-electron chi connectivity index (χ1n) is 6.57. The van der Waals surface area contributed by atoms with E-state index in [-0.39, 0.29) is 18.2 Å². The van der Waals surface area contributed by atoms with Gasteiger partial charge in [0.15, 0.2) is 0 Å². The number of nitrogens with zero attached hydrogens (tertiary/aromatic N) is 1. The summed E-state index contributed by atoms with van der Waals surface area (Å²) < 4.78 is 10.4. The summed E-state index contributed by atoms with van der Waals surface area (Å²) in [7, 11) is 1.67. The third kappa shape index (κ3) is 2.66. The SMILES string of the molecule is COc1ccc(CN2CCC3NC(=O)OC3C2)cc1. The molecule has 19 heavy (non-hydrogen) atoms. The first-order chi connectivity index (χ1) is 9.24. The molecular formula is C14H18N2O3. The number of rotatable bonds is 3. The predicted molar refractivity (Wildman–Crippen MR) is 70.1 cm³/mol. The Morgan fingerprint density at radius 2 is 2.21 bits per heavy atom. The molecule has 3 rings (SSSR count). The molecule has 1 N–H and O–H groups in total. The molecule has 0 aromatic heterocycles. The van der Waals surface area contributed by atoms with E-state index in [9.17, 15) is 4.79 Å². The molecule has 0 bridgehead atoms. The minimum Gasteiger partial charge on any atom is -0.497 e. The second-order valence-corrected chi connectivity index (χ2v) is 5.07. The Morgan fingerprint density at radius 3 is 2.95 bits per heavy atom. The molecule has 5 nitrogen and oxygen atoms in total. The Bertz CT molecular complexity index is 460. The molecular weight excluding hydrogens is 244 g/mol. The Balaban J connectivity index is 1.59. The van der Waals surface area contributed by atoms with Crippen molar-refractivity contribution in [2.24, 2.45) is 0 Å². The van der Waals surface area contributed by atoms with Crippen molar-refractivity contribution in [1.29, 1.82) is 0 Å². The molecule has 2 unspecified atom stereocenters. The van der Waals surface area contributed by atoms with Crippen LogP contribution in [0.25, 0.3) is 0 Å². The van der Waals surface area contributed by atoms with E-state index in [4.69, 9.17) is 9.47 Å². The number of benzene rings is 1. The first kappa shape index (κ1) is 12.3. The van der Waals surface area contributed by atoms with Crippen molar-refractivity contribution in [2.75, 3.05) is 20.2 Å². The number of amides is 1. The van der Waals surface area contributed by atoms with Crippen LogP contribution in [0.1, 0.15) is 12.0 Å². The maximum atomic E-state index is 11.2. The highest BCUT2D eigenvalue weighted by atomic mass is 16.6. The van der Waals surface area contributed by atoms with E-state index in [2.05, 4.69) is 22.3 Å². The van der Waals surface area contributed by atoms with E-state index in [1.54, 1.807) is 7.11 Å². The summed E-state index contributed by atoms with van der Waals surface area (Å²) in [5.41, 5.74) is 1.25. The summed E-state index contributed by atoms with van der Waals surface area (Å²) in [6.45, 7) is 2.66. The van der Waals surface area contributed by atoms with Crippen molar-refractivity contribution in [3.8, 4) is 5.75 Å². The van der Waals surface area contributed by atoms with Gasteiger partial charge in [0.2, 0.25) is 0 Å². The highest BCUT2D eigenvalue weighted by molar-refractivity contribution is 5.70. The van der Waals surface area contributed by atoms with Gasteiger partial charge in [0.05, 0.1) is 13.2 Å². The van der Waals surface area contributed by atoms with Crippen molar-refractivity contribution in [2.45, 2.75) is 25.1 Å². The van der Waals surface area contributed by atoms with Crippen LogP contribution in [-0.4, -0.2) is 43.3 Å². The van der Waals surface area contributed by atoms with Crippen LogP contribution >= 0.6 is 0 Å². The predicted octanol–water partition coefficient (Wildman–Crippen LogP) is 1.38. The normalized spacial score (nSPS) is 26.5. The molecule has 2 aliphatic heterocycles. The lowest BCUT2D eigenvalue weighted by atomic mass is 10.0. The molecule has 5 heteroatoms. The summed E-state index contributed by atoms with van der Waals surface area (Å²) in [6.07, 6.45) is 0.674. The zero-order valence-corrected chi connectivity index (χ0v) is 11.0. The monoisotopic (exact) mass is 262 g/mol. The van der Waals surface area contributed by atoms with E-state index in [1.807, 2.05) is 12.1 Å². The fraction of sp³-hybridized carbons (Fsp3) is 0.500. The van der Waals surface area contributed by atoms with Crippen LogP contribution in [0.3, 0.4) is 0 Å². The summed E-state index contributed by atoms with van der Waals surface area (Å²) in [6, 6.07) is 8.28. The number of nitrogens with one attached hydrogen (secondary N) is 1. The Morgan fingerprint density at radius 1 is 1.42 bits per heavy atom. The van der Waals surface area contributed by atoms with Crippen LogP contribution in [0.4, 0.5) is 4.79 Å². The van der Waals surface area contributed by atoms with Crippen LogP contribution in [0.2, 0.25) is 0 Å². The third-order valence-electron chi connectivity index (χ3n) is 3.77. The van der Waals surface area contributed by atoms with Crippen LogP contribution < -0.4 is 10.1 Å². The van der Waals surface area contributed by atoms with E-state index < -0.39 is 0 Å². The van der Waals surface area contributed by atoms with Gasteiger partial charge in [0.1, 0.15) is 11.9 Å². The maximum absolute atomic E-state index is 11.2. The summed E-state index contributed by atoms with van der Waals surface area (Å²) in [5.74, 6) is 0.872. The molecule has 2 heterocycles. The molecule has 0 spiro atoms. The number of hydrogen-bond acceptors (Lipinski definition) is 4. The second-order valence-electron chi connectivity index (χ2n) is 5.07. The quantitative estimate of drug-likeness (QED) is 0.894. The lowest BCUT2D eigenvalue weighted by Crippen LogP contribution is -2.47. The van der Waals surface area contributed by atoms with Gasteiger partial charge in [-0.3, -0.25) is 4.90 Å². The largest absolute Gasteiger partial charge is 0.497 e. The molecule has 2 atom stereocenters. The lowest BCUT2D eigenvalue weighted by Gasteiger charge is -2.32. The van der Waals surface area contributed by atoms with Crippen molar-refractivity contribution >= 4 is 6.09 Å². The molecule has 2 aliphatic rings. The van der Waals surface area contributed by atoms with Crippen LogP contribution in [0, 0.1) is 0 Å². The Labute approximate surface area is 112 Å². The van der Waals surface area contributed by atoms with Crippen molar-refractivity contribution in [1.82, 2.24) is 10.2 Å². The average molecular weight is 262 g/mol. The highest BCUT2D eigenvalue weighted by Crippen LogP contribution is 2.21. The zero-order valence-electron chi connectivity index (χ0n) is 11.0. The van der Waals surface area contributed by atoms with Crippen LogP contribution in [-0.2, 0) is 11.3 Å². The molecule has 1 aromatic carbocycles. The molecule has 0 aliphatic carbocycles. The topological polar surface area (TPSA) is 50.8 Å². The number of hydrogen-bond donors (Lipinski definition) is 1. The zero-order chi connectivity index (χ0) is 13.2. The summed E-state index contributed by atoms with van der Waals surface area (Å²) in [4.78, 5) is 13.5. The molecule has 102 valence electrons. The standard InChI is InChI=1S/C14H18N2O3/c1-18-11-4-2-10(3-5-11)8-16-7-6-12-13(9-16)19-14(17)15-12/h2-5,12-13H,6-9H2,1H3,(H,15,17). The molecule has 1 amide bonds. The molecule has 1 aromatic rings. The Kier molecular flexibility index (Phi) is 3.29. The van der Waals surface area contributed by atoms with Gasteiger partial charge in [0.25, 0.3) is 0 Å². The molecule has 0 saturated carbocycles. The minimum atomic E-state index is -0.277. The van der Waals surface area contributed by atoms with Gasteiger partial charge >= 0.3 is 6.09 Å². The van der Waals surface area contributed by atoms with E-state index >= 15 is 0 Å². The highest BCUT2D eigenvalue weighted by Gasteiger charge is 2.38. The Hall–Kier alpha value is -1.75. The molecule has 2 saturated heterocycles. The maximum Gasteiger partial charge on any atom is 0.407 e. The third-order valence-corrected chi connectivity index (χ3v) is 3.77. The van der Waals surface area contributed by atoms with Gasteiger partial charge in [-0.1, -0.05) is 12.1 Å². The lowest BCUT2D eigenvalue weighted by molar-refractivity contribution is 0.0668. The van der Waals surface area contributed by atoms with Gasteiger partial charge in [-0.15, -0.1) is 0 Å². The van der Waals surface area contributed by atoms with Crippen molar-refractivity contribution < 1.29 is 14.3 Å². The fourth-order valence-corrected chi connectivity index (χ4v) is 2.72. The molecule has 2 fully saturated rings. The van der Waals surface area contributed by atoms with Crippen molar-refractivity contribution in [3.63, 3.8) is 0 Å². The first-order valence-corrected chi connectivity index (χ1v) is 6.57. The smallest absolute Gasteiger partial charge is 0.407 e. The number of piperidine rings is 1. The number of carbonyl (C=O) groups is 1. The summed E-state index contributed by atoms with van der Waals surface area (Å²) in [5, 5.41) is 2.85. The number of likely N-dealkylation sites (tertiary alicyclic amines) is 1. The number of ether oxygens (including phenoxy) is 2. The molecule has 0 radical (unpaired) electrons. The number of methoxy groups -OCH3 is 1. The van der Waals surface area contributed by atoms with Gasteiger partial charge in [0, 0.05) is 19.6 Å². The summed E-state index contributed by atoms with van der Waals surface area (Å²) >= 11 is 0. The average Bonchev–Trinajstić information content (AvgIpc) is 2.79. The van der Waals surface area contributed by atoms with E-state index in [1.165, 1.54) is 5.56 Å². The number of fused-ring (bicyclic) bond motifs is 1. The van der Waals surface area contributed by atoms with Gasteiger partial charge in [-0.25, -0.2) is 4.79 Å². The number of carbonyl (C=O) groups excluding carboxylic acids is 1. The minimum absolute atomic E-state index is 0.000464.